The maximum absolute atomic E-state index is 11.6. The van der Waals surface area contributed by atoms with Crippen molar-refractivity contribution in [2.45, 2.75) is 19.4 Å². The zero-order chi connectivity index (χ0) is 13.5. The molecule has 1 saturated heterocycles. The summed E-state index contributed by atoms with van der Waals surface area (Å²) in [6.07, 6.45) is 0.427. The molecule has 1 unspecified atom stereocenters. The van der Waals surface area contributed by atoms with Crippen LogP contribution >= 0.6 is 0 Å². The number of hydrogen-bond donors (Lipinski definition) is 2. The third-order valence-electron chi connectivity index (χ3n) is 3.80. The van der Waals surface area contributed by atoms with E-state index in [0.29, 0.717) is 19.8 Å². The number of rotatable bonds is 3. The molecule has 0 aromatic heterocycles. The van der Waals surface area contributed by atoms with E-state index in [1.54, 1.807) is 6.92 Å². The Hall–Kier alpha value is -1.59. The Bertz CT molecular complexity index is 506. The molecule has 5 heteroatoms. The van der Waals surface area contributed by atoms with Crippen LogP contribution in [-0.4, -0.2) is 31.8 Å². The van der Waals surface area contributed by atoms with Crippen LogP contribution in [0.3, 0.4) is 0 Å². The van der Waals surface area contributed by atoms with Gasteiger partial charge in [-0.15, -0.1) is 0 Å². The van der Waals surface area contributed by atoms with Crippen molar-refractivity contribution in [2.24, 2.45) is 11.1 Å². The fourth-order valence-electron chi connectivity index (χ4n) is 2.48. The Morgan fingerprint density at radius 3 is 2.89 bits per heavy atom. The van der Waals surface area contributed by atoms with E-state index in [2.05, 4.69) is 5.32 Å². The number of carbonyl (C=O) groups excluding carboxylic acids is 1. The first-order valence-corrected chi connectivity index (χ1v) is 6.50. The van der Waals surface area contributed by atoms with Crippen LogP contribution in [0.25, 0.3) is 0 Å². The largest absolute Gasteiger partial charge is 0.479 e. The van der Waals surface area contributed by atoms with Gasteiger partial charge in [-0.3, -0.25) is 4.79 Å². The quantitative estimate of drug-likeness (QED) is 0.849. The van der Waals surface area contributed by atoms with Gasteiger partial charge in [0.05, 0.1) is 18.9 Å². The van der Waals surface area contributed by atoms with Gasteiger partial charge in [0.1, 0.15) is 5.75 Å². The van der Waals surface area contributed by atoms with Crippen molar-refractivity contribution in [1.29, 1.82) is 0 Å². The van der Waals surface area contributed by atoms with Crippen molar-refractivity contribution >= 4 is 11.6 Å². The molecular weight excluding hydrogens is 244 g/mol. The van der Waals surface area contributed by atoms with Crippen LogP contribution in [0.4, 0.5) is 5.69 Å². The lowest BCUT2D eigenvalue weighted by Crippen LogP contribution is -2.49. The molecule has 0 spiro atoms. The Morgan fingerprint density at radius 2 is 2.26 bits per heavy atom. The smallest absolute Gasteiger partial charge is 0.265 e. The topological polar surface area (TPSA) is 73.6 Å². The zero-order valence-electron chi connectivity index (χ0n) is 10.9. The number of ether oxygens (including phenoxy) is 2. The van der Waals surface area contributed by atoms with Crippen molar-refractivity contribution in [3.05, 3.63) is 23.8 Å². The highest BCUT2D eigenvalue weighted by Gasteiger charge is 2.37. The molecule has 1 aromatic carbocycles. The van der Waals surface area contributed by atoms with Gasteiger partial charge >= 0.3 is 0 Å². The van der Waals surface area contributed by atoms with E-state index in [4.69, 9.17) is 15.2 Å². The average Bonchev–Trinajstić information content (AvgIpc) is 2.35. The molecule has 1 amide bonds. The maximum Gasteiger partial charge on any atom is 0.265 e. The van der Waals surface area contributed by atoms with E-state index in [9.17, 15) is 4.79 Å². The second-order valence-corrected chi connectivity index (χ2v) is 5.45. The van der Waals surface area contributed by atoms with Crippen LogP contribution in [-0.2, 0) is 16.0 Å². The van der Waals surface area contributed by atoms with Gasteiger partial charge in [0.2, 0.25) is 0 Å². The maximum atomic E-state index is 11.6. The van der Waals surface area contributed by atoms with Gasteiger partial charge in [0.15, 0.2) is 6.10 Å². The molecular formula is C14H18N2O3. The summed E-state index contributed by atoms with van der Waals surface area (Å²) in [6, 6.07) is 5.90. The summed E-state index contributed by atoms with van der Waals surface area (Å²) in [4.78, 5) is 11.6. The van der Waals surface area contributed by atoms with E-state index in [1.165, 1.54) is 0 Å². The van der Waals surface area contributed by atoms with Crippen LogP contribution in [0.5, 0.6) is 5.75 Å². The predicted octanol–water partition coefficient (Wildman–Crippen LogP) is 0.924. The van der Waals surface area contributed by atoms with Gasteiger partial charge in [-0.25, -0.2) is 0 Å². The summed E-state index contributed by atoms with van der Waals surface area (Å²) < 4.78 is 10.8. The van der Waals surface area contributed by atoms with Gasteiger partial charge in [-0.2, -0.15) is 0 Å². The first kappa shape index (κ1) is 12.4. The second kappa shape index (κ2) is 4.51. The molecule has 2 aliphatic heterocycles. The minimum Gasteiger partial charge on any atom is -0.479 e. The molecule has 1 aromatic rings. The predicted molar refractivity (Wildman–Crippen MR) is 71.2 cm³/mol. The Morgan fingerprint density at radius 1 is 1.47 bits per heavy atom. The van der Waals surface area contributed by atoms with Gasteiger partial charge < -0.3 is 20.5 Å². The molecule has 0 saturated carbocycles. The van der Waals surface area contributed by atoms with Crippen molar-refractivity contribution < 1.29 is 14.3 Å². The van der Waals surface area contributed by atoms with Gasteiger partial charge in [-0.05, 0) is 31.0 Å². The lowest BCUT2D eigenvalue weighted by atomic mass is 9.80. The molecule has 19 heavy (non-hydrogen) atoms. The molecule has 3 rings (SSSR count). The molecule has 102 valence electrons. The highest BCUT2D eigenvalue weighted by molar-refractivity contribution is 5.97. The third kappa shape index (κ3) is 2.19. The summed E-state index contributed by atoms with van der Waals surface area (Å²) in [6.45, 7) is 3.77. The van der Waals surface area contributed by atoms with Crippen LogP contribution in [0.2, 0.25) is 0 Å². The van der Waals surface area contributed by atoms with E-state index in [-0.39, 0.29) is 11.3 Å². The number of anilines is 1. The molecule has 2 aliphatic rings. The van der Waals surface area contributed by atoms with Crippen LogP contribution in [0, 0.1) is 5.41 Å². The number of nitrogens with two attached hydrogens (primary N) is 1. The Balaban J connectivity index is 1.82. The first-order chi connectivity index (χ1) is 9.12. The fourth-order valence-corrected chi connectivity index (χ4v) is 2.48. The molecule has 3 N–H and O–H groups in total. The van der Waals surface area contributed by atoms with Crippen molar-refractivity contribution in [1.82, 2.24) is 0 Å². The van der Waals surface area contributed by atoms with Gasteiger partial charge in [0.25, 0.3) is 5.91 Å². The van der Waals surface area contributed by atoms with E-state index < -0.39 is 6.10 Å². The molecule has 1 fully saturated rings. The summed E-state index contributed by atoms with van der Waals surface area (Å²) in [5.74, 6) is 0.618. The van der Waals surface area contributed by atoms with Gasteiger partial charge in [0, 0.05) is 12.0 Å². The van der Waals surface area contributed by atoms with Crippen LogP contribution < -0.4 is 15.8 Å². The minimum atomic E-state index is -0.436. The lowest BCUT2D eigenvalue weighted by molar-refractivity contribution is -0.122. The Kier molecular flexibility index (Phi) is 2.95. The molecule has 0 radical (unpaired) electrons. The van der Waals surface area contributed by atoms with Crippen molar-refractivity contribution in [3.63, 3.8) is 0 Å². The fraction of sp³-hybridized carbons (Fsp3) is 0.500. The third-order valence-corrected chi connectivity index (χ3v) is 3.80. The van der Waals surface area contributed by atoms with Crippen LogP contribution in [0.15, 0.2) is 18.2 Å². The first-order valence-electron chi connectivity index (χ1n) is 6.50. The number of benzene rings is 1. The summed E-state index contributed by atoms with van der Waals surface area (Å²) in [7, 11) is 0. The molecule has 0 aliphatic carbocycles. The van der Waals surface area contributed by atoms with Gasteiger partial charge in [-0.1, -0.05) is 6.07 Å². The normalized spacial score (nSPS) is 23.9. The SMILES string of the molecule is CC1Oc2ccc(CC3(CN)COC3)cc2NC1=O. The highest BCUT2D eigenvalue weighted by Crippen LogP contribution is 2.35. The monoisotopic (exact) mass is 262 g/mol. The number of amides is 1. The summed E-state index contributed by atoms with van der Waals surface area (Å²) in [5.41, 5.74) is 7.76. The standard InChI is InChI=1S/C14H18N2O3/c1-9-13(17)16-11-4-10(2-3-12(11)19-9)5-14(6-15)7-18-8-14/h2-4,9H,5-8,15H2,1H3,(H,16,17). The zero-order valence-corrected chi connectivity index (χ0v) is 10.9. The summed E-state index contributed by atoms with van der Waals surface area (Å²) >= 11 is 0. The van der Waals surface area contributed by atoms with Crippen molar-refractivity contribution in [3.8, 4) is 5.75 Å². The van der Waals surface area contributed by atoms with E-state index in [0.717, 1.165) is 23.4 Å². The molecule has 1 atom stereocenters. The highest BCUT2D eigenvalue weighted by atomic mass is 16.5. The Labute approximate surface area is 112 Å². The second-order valence-electron chi connectivity index (χ2n) is 5.45. The average molecular weight is 262 g/mol. The van der Waals surface area contributed by atoms with E-state index >= 15 is 0 Å². The lowest BCUT2D eigenvalue weighted by Gasteiger charge is -2.40. The summed E-state index contributed by atoms with van der Waals surface area (Å²) in [5, 5.41) is 2.86. The molecule has 5 nitrogen and oxygen atoms in total. The number of carbonyl (C=O) groups is 1. The number of hydrogen-bond acceptors (Lipinski definition) is 4. The number of fused-ring (bicyclic) bond motifs is 1. The number of nitrogens with one attached hydrogen (secondary N) is 1. The van der Waals surface area contributed by atoms with Crippen molar-refractivity contribution in [2.75, 3.05) is 25.1 Å². The minimum absolute atomic E-state index is 0.0566. The van der Waals surface area contributed by atoms with Crippen LogP contribution in [0.1, 0.15) is 12.5 Å². The van der Waals surface area contributed by atoms with E-state index in [1.807, 2.05) is 18.2 Å². The molecule has 2 heterocycles. The molecule has 0 bridgehead atoms.